The van der Waals surface area contributed by atoms with Crippen LogP contribution in [0.25, 0.3) is 0 Å². The van der Waals surface area contributed by atoms with Crippen molar-refractivity contribution in [3.05, 3.63) is 78.9 Å². The first-order valence-electron chi connectivity index (χ1n) is 15.0. The molecule has 2 aromatic rings. The molecule has 6 atom stereocenters. The van der Waals surface area contributed by atoms with Gasteiger partial charge in [0.05, 0.1) is 46.5 Å². The van der Waals surface area contributed by atoms with E-state index in [0.29, 0.717) is 41.6 Å². The van der Waals surface area contributed by atoms with Gasteiger partial charge < -0.3 is 24.5 Å². The molecule has 3 aliphatic rings. The van der Waals surface area contributed by atoms with E-state index < -0.39 is 33.4 Å². The number of ether oxygens (including phenoxy) is 1. The van der Waals surface area contributed by atoms with E-state index in [0.717, 1.165) is 0 Å². The molecule has 2 unspecified atom stereocenters. The number of anilines is 2. The normalized spacial score (nSPS) is 27.5. The van der Waals surface area contributed by atoms with Gasteiger partial charge in [-0.15, -0.1) is 24.9 Å². The highest BCUT2D eigenvalue weighted by atomic mass is 35.5. The third kappa shape index (κ3) is 5.12. The average Bonchev–Trinajstić information content (AvgIpc) is 3.59. The Morgan fingerprint density at radius 2 is 1.77 bits per heavy atom. The molecule has 10 heteroatoms. The first-order valence-corrected chi connectivity index (χ1v) is 16.2. The Kier molecular flexibility index (Phi) is 9.21. The van der Waals surface area contributed by atoms with E-state index in [1.165, 1.54) is 4.90 Å². The Morgan fingerprint density at radius 3 is 2.39 bits per heavy atom. The molecule has 1 N–H and O–H groups in total. The fraction of sp³-hybridized carbons (Fsp3) is 0.441. The van der Waals surface area contributed by atoms with E-state index in [4.69, 9.17) is 16.3 Å². The van der Waals surface area contributed by atoms with Crippen molar-refractivity contribution >= 4 is 52.5 Å². The second-order valence-corrected chi connectivity index (χ2v) is 14.2. The van der Waals surface area contributed by atoms with Crippen molar-refractivity contribution < 1.29 is 24.2 Å². The van der Waals surface area contributed by atoms with Crippen molar-refractivity contribution in [1.82, 2.24) is 4.90 Å². The summed E-state index contributed by atoms with van der Waals surface area (Å²) in [6.45, 7) is 14.1. The molecule has 2 aromatic carbocycles. The van der Waals surface area contributed by atoms with Gasteiger partial charge in [0.2, 0.25) is 11.8 Å². The number of fused-ring (bicyclic) bond motifs is 1. The average molecular weight is 638 g/mol. The molecule has 234 valence electrons. The molecule has 1 spiro atoms. The van der Waals surface area contributed by atoms with Gasteiger partial charge in [-0.1, -0.05) is 35.9 Å². The van der Waals surface area contributed by atoms with Gasteiger partial charge in [-0.25, -0.2) is 0 Å². The molecule has 8 nitrogen and oxygen atoms in total. The quantitative estimate of drug-likeness (QED) is 0.316. The van der Waals surface area contributed by atoms with Crippen LogP contribution in [0.5, 0.6) is 5.75 Å². The number of carbonyl (C=O) groups is 3. The Balaban J connectivity index is 1.59. The minimum Gasteiger partial charge on any atom is -0.494 e. The number of hydrogen-bond donors (Lipinski definition) is 1. The van der Waals surface area contributed by atoms with Crippen LogP contribution in [0, 0.1) is 11.8 Å². The smallest absolute Gasteiger partial charge is 0.251 e. The van der Waals surface area contributed by atoms with Crippen LogP contribution in [0.1, 0.15) is 33.6 Å². The second-order valence-electron chi connectivity index (χ2n) is 11.9. The maximum Gasteiger partial charge on any atom is 0.251 e. The molecule has 0 radical (unpaired) electrons. The van der Waals surface area contributed by atoms with Gasteiger partial charge in [-0.05, 0) is 70.0 Å². The number of likely N-dealkylation sites (tertiary alicyclic amines) is 1. The van der Waals surface area contributed by atoms with Crippen molar-refractivity contribution in [2.45, 2.75) is 55.2 Å². The van der Waals surface area contributed by atoms with E-state index in [1.807, 2.05) is 38.1 Å². The van der Waals surface area contributed by atoms with E-state index in [2.05, 4.69) is 13.2 Å². The van der Waals surface area contributed by atoms with Crippen LogP contribution < -0.4 is 14.5 Å². The first kappa shape index (κ1) is 32.1. The van der Waals surface area contributed by atoms with Gasteiger partial charge in [0.25, 0.3) is 5.91 Å². The Morgan fingerprint density at radius 1 is 1.11 bits per heavy atom. The summed E-state index contributed by atoms with van der Waals surface area (Å²) in [5.41, 5.74) is 1.20. The summed E-state index contributed by atoms with van der Waals surface area (Å²) in [5, 5.41) is 10.7. The summed E-state index contributed by atoms with van der Waals surface area (Å²) in [4.78, 5) is 48.7. The number of nitrogens with zero attached hydrogens (tertiary/aromatic N) is 3. The second kappa shape index (κ2) is 12.6. The van der Waals surface area contributed by atoms with Gasteiger partial charge in [0.1, 0.15) is 11.8 Å². The maximum atomic E-state index is 14.7. The van der Waals surface area contributed by atoms with Gasteiger partial charge in [0.15, 0.2) is 0 Å². The maximum absolute atomic E-state index is 14.7. The number of amides is 3. The molecule has 3 aliphatic heterocycles. The third-order valence-corrected chi connectivity index (χ3v) is 11.5. The van der Waals surface area contributed by atoms with Crippen LogP contribution in [0.2, 0.25) is 5.02 Å². The topological polar surface area (TPSA) is 90.4 Å². The molecule has 3 heterocycles. The number of aliphatic hydroxyl groups excluding tert-OH is 1. The minimum absolute atomic E-state index is 0.178. The van der Waals surface area contributed by atoms with E-state index in [1.54, 1.807) is 64.9 Å². The van der Waals surface area contributed by atoms with Gasteiger partial charge >= 0.3 is 0 Å². The molecule has 0 aliphatic carbocycles. The lowest BCUT2D eigenvalue weighted by Gasteiger charge is -2.39. The Labute approximate surface area is 268 Å². The van der Waals surface area contributed by atoms with Crippen LogP contribution >= 0.6 is 23.4 Å². The number of para-hydroxylation sites is 1. The predicted octanol–water partition coefficient (Wildman–Crippen LogP) is 5.34. The molecule has 0 aromatic heterocycles. The van der Waals surface area contributed by atoms with Crippen LogP contribution in [0.3, 0.4) is 0 Å². The number of carbonyl (C=O) groups excluding carboxylic acids is 3. The van der Waals surface area contributed by atoms with Crippen molar-refractivity contribution in [2.75, 3.05) is 36.1 Å². The van der Waals surface area contributed by atoms with Crippen LogP contribution in [0.4, 0.5) is 11.4 Å². The molecule has 3 fully saturated rings. The summed E-state index contributed by atoms with van der Waals surface area (Å²) >= 11 is 8.16. The Bertz CT molecular complexity index is 1450. The highest BCUT2D eigenvalue weighted by Gasteiger charge is 2.78. The van der Waals surface area contributed by atoms with Crippen molar-refractivity contribution in [3.8, 4) is 5.75 Å². The minimum atomic E-state index is -0.902. The molecular weight excluding hydrogens is 598 g/mol. The molecule has 5 rings (SSSR count). The van der Waals surface area contributed by atoms with Crippen LogP contribution in [-0.4, -0.2) is 75.6 Å². The molecule has 2 bridgehead atoms. The number of thioether (sulfide) groups is 1. The fourth-order valence-electron chi connectivity index (χ4n) is 7.34. The van der Waals surface area contributed by atoms with Crippen LogP contribution in [-0.2, 0) is 14.4 Å². The fourth-order valence-corrected chi connectivity index (χ4v) is 9.91. The van der Waals surface area contributed by atoms with E-state index in [9.17, 15) is 19.5 Å². The van der Waals surface area contributed by atoms with E-state index >= 15 is 0 Å². The number of rotatable bonds is 12. The summed E-state index contributed by atoms with van der Waals surface area (Å²) in [6.07, 6.45) is 4.56. The molecular formula is C34H40ClN3O5S. The van der Waals surface area contributed by atoms with Crippen molar-refractivity contribution in [3.63, 3.8) is 0 Å². The summed E-state index contributed by atoms with van der Waals surface area (Å²) in [7, 11) is 0. The van der Waals surface area contributed by atoms with Gasteiger partial charge in [-0.2, -0.15) is 0 Å². The number of aliphatic hydroxyl groups is 1. The molecule has 3 saturated heterocycles. The van der Waals surface area contributed by atoms with Gasteiger partial charge in [-0.3, -0.25) is 14.4 Å². The third-order valence-electron chi connectivity index (χ3n) is 9.21. The monoisotopic (exact) mass is 637 g/mol. The molecule has 3 amide bonds. The van der Waals surface area contributed by atoms with Gasteiger partial charge in [0, 0.05) is 23.5 Å². The number of benzene rings is 2. The largest absolute Gasteiger partial charge is 0.494 e. The zero-order valence-electron chi connectivity index (χ0n) is 25.4. The number of hydrogen-bond acceptors (Lipinski definition) is 6. The lowest BCUT2D eigenvalue weighted by atomic mass is 9.66. The predicted molar refractivity (Wildman–Crippen MR) is 176 cm³/mol. The standard InChI is InChI=1S/C34H40ClN3O5S/c1-6-19-36(23-13-15-24(16-14-23)43-8-3)30(40)27-28-31(41)38(22(4)21-39)29(34(28)18-17-33(27,5)44-34)32(42)37(20-7-2)26-12-10-9-11-25(26)35/h6-7,9-16,22,27-29,39H,1-2,8,17-21H2,3-5H3/t22-,27+,28+,29?,33-,34?/m1/s1. The lowest BCUT2D eigenvalue weighted by molar-refractivity contribution is -0.142. The zero-order valence-corrected chi connectivity index (χ0v) is 27.0. The summed E-state index contributed by atoms with van der Waals surface area (Å²) in [6, 6.07) is 12.9. The summed E-state index contributed by atoms with van der Waals surface area (Å²) < 4.78 is 4.17. The highest BCUT2D eigenvalue weighted by molar-refractivity contribution is 8.02. The highest BCUT2D eigenvalue weighted by Crippen LogP contribution is 2.72. The SMILES string of the molecule is C=CCN(C(=O)[C@@H]1[C@H]2C(=O)N([C@H](C)CO)C(C(=O)N(CC=C)c3ccccc3Cl)C23CC[C@@]1(C)S3)c1ccc(OCC)cc1. The van der Waals surface area contributed by atoms with E-state index in [-0.39, 0.29) is 37.4 Å². The Hall–Kier alpha value is -3.27. The van der Waals surface area contributed by atoms with Crippen molar-refractivity contribution in [1.29, 1.82) is 0 Å². The molecule has 44 heavy (non-hydrogen) atoms. The lowest BCUT2D eigenvalue weighted by Crippen LogP contribution is -2.57. The molecule has 0 saturated carbocycles. The van der Waals surface area contributed by atoms with Crippen molar-refractivity contribution in [2.24, 2.45) is 11.8 Å². The first-order chi connectivity index (χ1) is 21.1. The summed E-state index contributed by atoms with van der Waals surface area (Å²) in [5.74, 6) is -1.47. The van der Waals surface area contributed by atoms with Crippen LogP contribution in [0.15, 0.2) is 73.8 Å². The zero-order chi connectivity index (χ0) is 31.8. The number of halogens is 1.